The number of carbonyl (C=O) groups is 1. The van der Waals surface area contributed by atoms with Crippen molar-refractivity contribution in [2.24, 2.45) is 0 Å². The minimum Gasteiger partial charge on any atom is -0.507 e. The van der Waals surface area contributed by atoms with E-state index in [0.717, 1.165) is 16.7 Å². The molecule has 0 aromatic heterocycles. The molecule has 1 aromatic carbocycles. The van der Waals surface area contributed by atoms with Gasteiger partial charge < -0.3 is 10.2 Å². The molecule has 0 saturated carbocycles. The van der Waals surface area contributed by atoms with Crippen LogP contribution in [0.15, 0.2) is 25.3 Å². The van der Waals surface area contributed by atoms with Crippen molar-refractivity contribution >= 4 is 5.97 Å². The molecular weight excluding hydrogens is 276 g/mol. The first-order valence-corrected chi connectivity index (χ1v) is 7.51. The minimum absolute atomic E-state index is 0.109. The molecule has 0 aliphatic heterocycles. The van der Waals surface area contributed by atoms with Crippen LogP contribution >= 0.6 is 0 Å². The van der Waals surface area contributed by atoms with Crippen molar-refractivity contribution in [1.82, 2.24) is 0 Å². The van der Waals surface area contributed by atoms with Gasteiger partial charge in [0.1, 0.15) is 5.75 Å². The molecule has 124 valence electrons. The van der Waals surface area contributed by atoms with Gasteiger partial charge in [0.05, 0.1) is 0 Å². The number of aliphatic carboxylic acids is 1. The number of aromatic hydroxyl groups is 1. The fraction of sp³-hybridized carbons (Fsp3) is 0.526. The van der Waals surface area contributed by atoms with Gasteiger partial charge in [-0.25, -0.2) is 0 Å². The topological polar surface area (TPSA) is 57.5 Å². The lowest BCUT2D eigenvalue weighted by atomic mass is 9.78. The van der Waals surface area contributed by atoms with E-state index in [9.17, 15) is 9.90 Å². The molecule has 0 spiro atoms. The smallest absolute Gasteiger partial charge is 0.303 e. The van der Waals surface area contributed by atoms with Crippen LogP contribution in [0.2, 0.25) is 0 Å². The third-order valence-electron chi connectivity index (χ3n) is 3.41. The Labute approximate surface area is 134 Å². The molecule has 0 aliphatic carbocycles. The third kappa shape index (κ3) is 5.55. The lowest BCUT2D eigenvalue weighted by molar-refractivity contribution is -0.136. The van der Waals surface area contributed by atoms with Crippen LogP contribution in [0.4, 0.5) is 0 Å². The number of phenols is 1. The number of benzene rings is 1. The number of carboxylic acid groups (broad SMARTS) is 1. The lowest BCUT2D eigenvalue weighted by Crippen LogP contribution is -2.18. The molecule has 22 heavy (non-hydrogen) atoms. The number of hydrogen-bond donors (Lipinski definition) is 2. The van der Waals surface area contributed by atoms with Gasteiger partial charge in [0, 0.05) is 6.42 Å². The monoisotopic (exact) mass is 306 g/mol. The van der Waals surface area contributed by atoms with E-state index in [2.05, 4.69) is 54.7 Å². The number of hydrogen-bond acceptors (Lipinski definition) is 2. The molecule has 0 bridgehead atoms. The second-order valence-corrected chi connectivity index (χ2v) is 7.43. The van der Waals surface area contributed by atoms with Crippen LogP contribution in [0.1, 0.15) is 64.7 Å². The van der Waals surface area contributed by atoms with E-state index in [1.54, 1.807) is 0 Å². The first-order chi connectivity index (χ1) is 9.93. The first kappa shape index (κ1) is 20.2. The highest BCUT2D eigenvalue weighted by Gasteiger charge is 2.26. The van der Waals surface area contributed by atoms with Crippen molar-refractivity contribution in [2.45, 2.75) is 65.2 Å². The van der Waals surface area contributed by atoms with E-state index in [1.807, 2.05) is 12.1 Å². The zero-order valence-electron chi connectivity index (χ0n) is 14.8. The molecule has 0 saturated heterocycles. The van der Waals surface area contributed by atoms with Crippen LogP contribution < -0.4 is 0 Å². The van der Waals surface area contributed by atoms with Gasteiger partial charge in [-0.2, -0.15) is 0 Å². The minimum atomic E-state index is -0.798. The Kier molecular flexibility index (Phi) is 6.88. The number of rotatable bonds is 3. The van der Waals surface area contributed by atoms with E-state index >= 15 is 0 Å². The summed E-state index contributed by atoms with van der Waals surface area (Å²) < 4.78 is 0. The molecular formula is C19H30O3. The van der Waals surface area contributed by atoms with Crippen LogP contribution in [-0.4, -0.2) is 16.2 Å². The Morgan fingerprint density at radius 1 is 1.00 bits per heavy atom. The molecule has 0 unspecified atom stereocenters. The second-order valence-electron chi connectivity index (χ2n) is 7.43. The van der Waals surface area contributed by atoms with E-state index in [1.165, 1.54) is 0 Å². The van der Waals surface area contributed by atoms with Crippen molar-refractivity contribution in [3.8, 4) is 5.75 Å². The second kappa shape index (κ2) is 7.48. The number of aryl methyl sites for hydroxylation is 1. The first-order valence-electron chi connectivity index (χ1n) is 7.51. The predicted molar refractivity (Wildman–Crippen MR) is 92.7 cm³/mol. The average molecular weight is 306 g/mol. The molecule has 0 radical (unpaired) electrons. The maximum Gasteiger partial charge on any atom is 0.303 e. The highest BCUT2D eigenvalue weighted by molar-refractivity contribution is 5.67. The van der Waals surface area contributed by atoms with Gasteiger partial charge in [0.25, 0.3) is 0 Å². The fourth-order valence-corrected chi connectivity index (χ4v) is 2.23. The van der Waals surface area contributed by atoms with Crippen LogP contribution in [0.3, 0.4) is 0 Å². The molecule has 0 atom stereocenters. The largest absolute Gasteiger partial charge is 0.507 e. The van der Waals surface area contributed by atoms with E-state index in [4.69, 9.17) is 5.11 Å². The van der Waals surface area contributed by atoms with Crippen LogP contribution in [0.5, 0.6) is 5.75 Å². The van der Waals surface area contributed by atoms with E-state index in [-0.39, 0.29) is 17.3 Å². The van der Waals surface area contributed by atoms with Gasteiger partial charge in [-0.1, -0.05) is 53.7 Å². The fourth-order valence-electron chi connectivity index (χ4n) is 2.23. The molecule has 3 nitrogen and oxygen atoms in total. The molecule has 0 aliphatic rings. The molecule has 0 fully saturated rings. The summed E-state index contributed by atoms with van der Waals surface area (Å²) in [4.78, 5) is 10.8. The summed E-state index contributed by atoms with van der Waals surface area (Å²) in [7, 11) is 0. The summed E-state index contributed by atoms with van der Waals surface area (Å²) in [6.07, 6.45) is 0.597. The van der Waals surface area contributed by atoms with Gasteiger partial charge in [0.2, 0.25) is 0 Å². The zero-order chi connectivity index (χ0) is 17.7. The lowest BCUT2D eigenvalue weighted by Gasteiger charge is -2.28. The highest BCUT2D eigenvalue weighted by atomic mass is 16.4. The van der Waals surface area contributed by atoms with Gasteiger partial charge in [-0.15, -0.1) is 13.2 Å². The Hall–Kier alpha value is -1.77. The van der Waals surface area contributed by atoms with Crippen LogP contribution in [-0.2, 0) is 22.0 Å². The van der Waals surface area contributed by atoms with Crippen LogP contribution in [0.25, 0.3) is 0 Å². The van der Waals surface area contributed by atoms with Gasteiger partial charge >= 0.3 is 5.97 Å². The van der Waals surface area contributed by atoms with Crippen molar-refractivity contribution < 1.29 is 15.0 Å². The molecule has 1 rings (SSSR count). The van der Waals surface area contributed by atoms with Gasteiger partial charge in [0.15, 0.2) is 0 Å². The quantitative estimate of drug-likeness (QED) is 0.788. The zero-order valence-corrected chi connectivity index (χ0v) is 14.8. The molecule has 0 amide bonds. The maximum atomic E-state index is 10.8. The average Bonchev–Trinajstić information content (AvgIpc) is 2.37. The Balaban J connectivity index is 0.00000211. The molecule has 3 heteroatoms. The van der Waals surface area contributed by atoms with Crippen molar-refractivity contribution in [3.63, 3.8) is 0 Å². The van der Waals surface area contributed by atoms with Crippen molar-refractivity contribution in [2.75, 3.05) is 0 Å². The summed E-state index contributed by atoms with van der Waals surface area (Å²) in [5, 5.41) is 19.4. The van der Waals surface area contributed by atoms with Gasteiger partial charge in [-0.05, 0) is 33.9 Å². The normalized spacial score (nSPS) is 11.5. The SMILES string of the molecule is C=C.CC(C)(C)c1cc(CCC(=O)O)cc(C(C)(C)C)c1O. The van der Waals surface area contributed by atoms with Crippen molar-refractivity contribution in [1.29, 1.82) is 0 Å². The highest BCUT2D eigenvalue weighted by Crippen LogP contribution is 2.39. The van der Waals surface area contributed by atoms with Crippen LogP contribution in [0, 0.1) is 0 Å². The third-order valence-corrected chi connectivity index (χ3v) is 3.41. The molecule has 2 N–H and O–H groups in total. The van der Waals surface area contributed by atoms with Gasteiger partial charge in [-0.3, -0.25) is 4.79 Å². The summed E-state index contributed by atoms with van der Waals surface area (Å²) in [5.74, 6) is -0.461. The molecule has 1 aromatic rings. The predicted octanol–water partition coefficient (Wildman–Crippen LogP) is 4.81. The number of phenolic OH excluding ortho intramolecular Hbond substituents is 1. The van der Waals surface area contributed by atoms with E-state index < -0.39 is 5.97 Å². The number of carboxylic acids is 1. The standard InChI is InChI=1S/C17H26O3.C2H4/c1-16(2,3)12-9-11(7-8-14(18)19)10-13(15(12)20)17(4,5)6;1-2/h9-10,20H,7-8H2,1-6H3,(H,18,19);1-2H2. The Morgan fingerprint density at radius 3 is 1.64 bits per heavy atom. The maximum absolute atomic E-state index is 10.8. The summed E-state index contributed by atoms with van der Waals surface area (Å²) in [5.41, 5.74) is 2.38. The van der Waals surface area contributed by atoms with E-state index in [0.29, 0.717) is 12.2 Å². The molecule has 0 heterocycles. The summed E-state index contributed by atoms with van der Waals surface area (Å²) in [6, 6.07) is 3.88. The summed E-state index contributed by atoms with van der Waals surface area (Å²) in [6.45, 7) is 18.3. The summed E-state index contributed by atoms with van der Waals surface area (Å²) >= 11 is 0. The Bertz CT molecular complexity index is 481. The van der Waals surface area contributed by atoms with Crippen molar-refractivity contribution in [3.05, 3.63) is 42.0 Å². The Morgan fingerprint density at radius 2 is 1.36 bits per heavy atom.